The quantitative estimate of drug-likeness (QED) is 0.408. The van der Waals surface area contributed by atoms with E-state index >= 15 is 0 Å². The van der Waals surface area contributed by atoms with Gasteiger partial charge in [-0.15, -0.1) is 0 Å². The molecule has 26 heavy (non-hydrogen) atoms. The molecule has 0 bridgehead atoms. The minimum atomic E-state index is -5.84. The van der Waals surface area contributed by atoms with Gasteiger partial charge in [0.1, 0.15) is 0 Å². The predicted octanol–water partition coefficient (Wildman–Crippen LogP) is 2.64. The normalized spacial score (nSPS) is 26.5. The summed E-state index contributed by atoms with van der Waals surface area (Å²) in [6.07, 6.45) is 0. The Kier molecular flexibility index (Phi) is 6.04. The molecule has 0 aliphatic carbocycles. The zero-order valence-electron chi connectivity index (χ0n) is 16.1. The molecule has 0 aromatic rings. The van der Waals surface area contributed by atoms with E-state index < -0.39 is 29.6 Å². The molecule has 13 heteroatoms. The Bertz CT molecular complexity index is 566. The minimum Gasteiger partial charge on any atom is -0.405 e. The van der Waals surface area contributed by atoms with Crippen molar-refractivity contribution < 1.29 is 44.8 Å². The molecule has 0 unspecified atom stereocenters. The van der Waals surface area contributed by atoms with Gasteiger partial charge in [0.25, 0.3) is 0 Å². The highest BCUT2D eigenvalue weighted by Crippen LogP contribution is 2.42. The maximum absolute atomic E-state index is 10.7. The standard InChI is InChI=1S/C12H24B2O4.CHF3O3S/c1-9(2)10(3,4)16-13(15-9)14-17-11(5,6)12(7,8)18-14;2-1(3,4)8(5,6)7/h1-8H3;(H,5,6,7). The lowest BCUT2D eigenvalue weighted by molar-refractivity contribution is -0.0510. The summed E-state index contributed by atoms with van der Waals surface area (Å²) in [4.78, 5) is 0. The Morgan fingerprint density at radius 3 is 0.962 bits per heavy atom. The van der Waals surface area contributed by atoms with Crippen LogP contribution in [0.5, 0.6) is 0 Å². The monoisotopic (exact) mass is 404 g/mol. The third-order valence-corrected chi connectivity index (χ3v) is 5.64. The fourth-order valence-corrected chi connectivity index (χ4v) is 2.00. The minimum absolute atomic E-state index is 0.360. The molecule has 2 saturated heterocycles. The summed E-state index contributed by atoms with van der Waals surface area (Å²) in [6, 6.07) is 0. The average molecular weight is 404 g/mol. The average Bonchev–Trinajstić information content (AvgIpc) is 2.67. The number of alkyl halides is 3. The van der Waals surface area contributed by atoms with Crippen LogP contribution in [0.25, 0.3) is 0 Å². The lowest BCUT2D eigenvalue weighted by atomic mass is 9.49. The first-order valence-electron chi connectivity index (χ1n) is 7.88. The van der Waals surface area contributed by atoms with Crippen molar-refractivity contribution in [1.82, 2.24) is 0 Å². The van der Waals surface area contributed by atoms with E-state index in [0.29, 0.717) is 0 Å². The van der Waals surface area contributed by atoms with Crippen molar-refractivity contribution in [3.05, 3.63) is 0 Å². The molecule has 1 N–H and O–H groups in total. The topological polar surface area (TPSA) is 91.3 Å². The van der Waals surface area contributed by atoms with Crippen molar-refractivity contribution in [3.8, 4) is 0 Å². The molecule has 7 nitrogen and oxygen atoms in total. The molecule has 0 spiro atoms. The van der Waals surface area contributed by atoms with Gasteiger partial charge < -0.3 is 18.6 Å². The van der Waals surface area contributed by atoms with Crippen molar-refractivity contribution in [1.29, 1.82) is 0 Å². The first-order chi connectivity index (χ1) is 11.1. The first-order valence-corrected chi connectivity index (χ1v) is 9.32. The fraction of sp³-hybridized carbons (Fsp3) is 1.00. The molecule has 0 saturated carbocycles. The zero-order valence-corrected chi connectivity index (χ0v) is 16.9. The summed E-state index contributed by atoms with van der Waals surface area (Å²) >= 11 is 0. The Hall–Kier alpha value is -0.330. The molecular formula is C13H25B2F3O7S. The molecule has 2 aliphatic rings. The first kappa shape index (κ1) is 23.7. The van der Waals surface area contributed by atoms with E-state index in [1.165, 1.54) is 0 Å². The van der Waals surface area contributed by atoms with Gasteiger partial charge in [-0.3, -0.25) is 4.55 Å². The third-order valence-electron chi connectivity index (χ3n) is 5.06. The van der Waals surface area contributed by atoms with E-state index in [1.54, 1.807) is 0 Å². The molecule has 0 radical (unpaired) electrons. The van der Waals surface area contributed by atoms with Gasteiger partial charge in [0.2, 0.25) is 0 Å². The van der Waals surface area contributed by atoms with Gasteiger partial charge in [0.15, 0.2) is 0 Å². The van der Waals surface area contributed by atoms with Crippen molar-refractivity contribution in [2.45, 2.75) is 83.3 Å². The summed E-state index contributed by atoms with van der Waals surface area (Å²) in [6.45, 7) is 16.2. The van der Waals surface area contributed by atoms with Crippen LogP contribution in [0.1, 0.15) is 55.4 Å². The zero-order chi connectivity index (χ0) is 21.0. The van der Waals surface area contributed by atoms with E-state index in [9.17, 15) is 13.2 Å². The van der Waals surface area contributed by atoms with Gasteiger partial charge in [0, 0.05) is 0 Å². The number of halogens is 3. The molecule has 152 valence electrons. The highest BCUT2D eigenvalue weighted by molar-refractivity contribution is 7.86. The molecule has 0 atom stereocenters. The Balaban J connectivity index is 0.000000359. The molecular weight excluding hydrogens is 379 g/mol. The molecule has 2 rings (SSSR count). The summed E-state index contributed by atoms with van der Waals surface area (Å²) in [5.41, 5.74) is -6.97. The summed E-state index contributed by atoms with van der Waals surface area (Å²) in [5, 5.41) is 0. The van der Waals surface area contributed by atoms with E-state index in [0.717, 1.165) is 0 Å². The van der Waals surface area contributed by atoms with Crippen molar-refractivity contribution in [2.24, 2.45) is 0 Å². The maximum atomic E-state index is 10.7. The van der Waals surface area contributed by atoms with Crippen molar-refractivity contribution in [3.63, 3.8) is 0 Å². The Morgan fingerprint density at radius 2 is 0.846 bits per heavy atom. The largest absolute Gasteiger partial charge is 0.522 e. The van der Waals surface area contributed by atoms with Crippen LogP contribution < -0.4 is 0 Å². The molecule has 2 heterocycles. The van der Waals surface area contributed by atoms with Crippen LogP contribution in [-0.2, 0) is 28.7 Å². The van der Waals surface area contributed by atoms with E-state index in [-0.39, 0.29) is 22.4 Å². The Morgan fingerprint density at radius 1 is 0.692 bits per heavy atom. The van der Waals surface area contributed by atoms with Crippen LogP contribution in [0.3, 0.4) is 0 Å². The third kappa shape index (κ3) is 4.74. The van der Waals surface area contributed by atoms with Crippen LogP contribution in [0.2, 0.25) is 0 Å². The van der Waals surface area contributed by atoms with Crippen LogP contribution in [0.15, 0.2) is 0 Å². The maximum Gasteiger partial charge on any atom is 0.522 e. The SMILES string of the molecule is CC1(C)OB(B2OC(C)(C)C(C)(C)O2)OC1(C)C.O=S(=O)(O)C(F)(F)F. The number of rotatable bonds is 1. The number of hydrogen-bond donors (Lipinski definition) is 1. The fourth-order valence-electron chi connectivity index (χ4n) is 2.00. The second-order valence-corrected chi connectivity index (χ2v) is 9.58. The molecule has 2 aliphatic heterocycles. The number of hydrogen-bond acceptors (Lipinski definition) is 6. The van der Waals surface area contributed by atoms with Crippen LogP contribution >= 0.6 is 0 Å². The van der Waals surface area contributed by atoms with E-state index in [1.807, 2.05) is 55.4 Å². The molecule has 0 aromatic heterocycles. The van der Waals surface area contributed by atoms with Gasteiger partial charge in [-0.25, -0.2) is 0 Å². The smallest absolute Gasteiger partial charge is 0.405 e. The predicted molar refractivity (Wildman–Crippen MR) is 89.8 cm³/mol. The van der Waals surface area contributed by atoms with Gasteiger partial charge in [-0.05, 0) is 55.4 Å². The lowest BCUT2D eigenvalue weighted by Gasteiger charge is -2.32. The van der Waals surface area contributed by atoms with Crippen molar-refractivity contribution in [2.75, 3.05) is 0 Å². The summed E-state index contributed by atoms with van der Waals surface area (Å²) in [5.74, 6) is 0. The van der Waals surface area contributed by atoms with Crippen LogP contribution in [0, 0.1) is 0 Å². The summed E-state index contributed by atoms with van der Waals surface area (Å²) in [7, 11) is -6.79. The van der Waals surface area contributed by atoms with Crippen molar-refractivity contribution >= 4 is 24.1 Å². The van der Waals surface area contributed by atoms with Gasteiger partial charge in [-0.2, -0.15) is 21.6 Å². The highest BCUT2D eigenvalue weighted by Gasteiger charge is 2.63. The molecule has 2 fully saturated rings. The highest BCUT2D eigenvalue weighted by atomic mass is 32.2. The van der Waals surface area contributed by atoms with E-state index in [2.05, 4.69) is 0 Å². The van der Waals surface area contributed by atoms with Crippen LogP contribution in [-0.4, -0.2) is 54.9 Å². The van der Waals surface area contributed by atoms with Crippen LogP contribution in [0.4, 0.5) is 13.2 Å². The molecule has 0 amide bonds. The summed E-state index contributed by atoms with van der Waals surface area (Å²) < 4.78 is 81.4. The Labute approximate surface area is 152 Å². The lowest BCUT2D eigenvalue weighted by Crippen LogP contribution is -2.41. The molecule has 0 aromatic carbocycles. The van der Waals surface area contributed by atoms with Gasteiger partial charge >= 0.3 is 29.6 Å². The van der Waals surface area contributed by atoms with Gasteiger partial charge in [0.05, 0.1) is 22.4 Å². The second kappa shape index (κ2) is 6.63. The van der Waals surface area contributed by atoms with E-state index in [4.69, 9.17) is 31.6 Å². The second-order valence-electron chi connectivity index (χ2n) is 8.17. The van der Waals surface area contributed by atoms with Gasteiger partial charge in [-0.1, -0.05) is 0 Å².